The van der Waals surface area contributed by atoms with Gasteiger partial charge in [-0.1, -0.05) is 12.1 Å². The van der Waals surface area contributed by atoms with Gasteiger partial charge in [0.05, 0.1) is 29.7 Å². The van der Waals surface area contributed by atoms with Crippen LogP contribution in [0.2, 0.25) is 0 Å². The maximum absolute atomic E-state index is 13.7. The molecule has 0 saturated heterocycles. The number of carbonyl (C=O) groups is 1. The van der Waals surface area contributed by atoms with Gasteiger partial charge in [-0.25, -0.2) is 4.98 Å². The molecule has 3 heterocycles. The fourth-order valence-corrected chi connectivity index (χ4v) is 4.61. The predicted molar refractivity (Wildman–Crippen MR) is 120 cm³/mol. The van der Waals surface area contributed by atoms with E-state index < -0.39 is 0 Å². The highest BCUT2D eigenvalue weighted by molar-refractivity contribution is 6.00. The summed E-state index contributed by atoms with van der Waals surface area (Å²) in [4.78, 5) is 20.2. The largest absolute Gasteiger partial charge is 0.381 e. The lowest BCUT2D eigenvalue weighted by Crippen LogP contribution is -2.38. The predicted octanol–water partition coefficient (Wildman–Crippen LogP) is 4.28. The molecule has 2 aromatic heterocycles. The van der Waals surface area contributed by atoms with Crippen molar-refractivity contribution in [3.05, 3.63) is 54.4 Å². The molecule has 1 aliphatic carbocycles. The van der Waals surface area contributed by atoms with Crippen molar-refractivity contribution in [3.8, 4) is 11.3 Å². The van der Waals surface area contributed by atoms with Gasteiger partial charge in [0.2, 0.25) is 5.91 Å². The molecule has 1 fully saturated rings. The Morgan fingerprint density at radius 2 is 2.00 bits per heavy atom. The van der Waals surface area contributed by atoms with Crippen LogP contribution in [-0.4, -0.2) is 33.9 Å². The van der Waals surface area contributed by atoms with Crippen molar-refractivity contribution in [1.29, 1.82) is 0 Å². The van der Waals surface area contributed by atoms with Gasteiger partial charge in [0.1, 0.15) is 5.82 Å². The molecule has 7 heteroatoms. The van der Waals surface area contributed by atoms with E-state index in [1.807, 2.05) is 48.5 Å². The number of aromatic nitrogens is 3. The van der Waals surface area contributed by atoms with Crippen LogP contribution in [0.15, 0.2) is 48.8 Å². The van der Waals surface area contributed by atoms with E-state index in [1.54, 1.807) is 18.0 Å². The molecule has 31 heavy (non-hydrogen) atoms. The highest BCUT2D eigenvalue weighted by Crippen LogP contribution is 2.39. The van der Waals surface area contributed by atoms with Gasteiger partial charge >= 0.3 is 0 Å². The summed E-state index contributed by atoms with van der Waals surface area (Å²) < 4.78 is 7.29. The molecule has 5 rings (SSSR count). The summed E-state index contributed by atoms with van der Waals surface area (Å²) in [5.41, 5.74) is 4.65. The standard InChI is InChI=1S/C24H27N5O2/c1-28-13-11-20(27-28)17-7-10-21-22(14-17)29(15-18-4-3-12-25-23(18)26-21)24(30)16-5-8-19(31-2)9-6-16/h3-4,7,10-14,16,19H,5-6,8-9,15H2,1-2H3,(H,25,26)/t16-,19-. The monoisotopic (exact) mass is 417 g/mol. The molecular formula is C24H27N5O2. The Balaban J connectivity index is 1.54. The average Bonchev–Trinajstić information content (AvgIpc) is 3.17. The van der Waals surface area contributed by atoms with Crippen LogP contribution in [0.5, 0.6) is 0 Å². The highest BCUT2D eigenvalue weighted by Gasteiger charge is 2.33. The van der Waals surface area contributed by atoms with Gasteiger partial charge in [-0.2, -0.15) is 5.10 Å². The number of nitrogens with zero attached hydrogens (tertiary/aromatic N) is 4. The maximum Gasteiger partial charge on any atom is 0.230 e. The van der Waals surface area contributed by atoms with Crippen LogP contribution >= 0.6 is 0 Å². The smallest absolute Gasteiger partial charge is 0.230 e. The first-order valence-electron chi connectivity index (χ1n) is 10.8. The Morgan fingerprint density at radius 1 is 1.16 bits per heavy atom. The van der Waals surface area contributed by atoms with Gasteiger partial charge in [-0.3, -0.25) is 9.48 Å². The second kappa shape index (κ2) is 8.15. The molecule has 1 amide bonds. The van der Waals surface area contributed by atoms with Crippen molar-refractivity contribution >= 4 is 23.1 Å². The molecule has 0 atom stereocenters. The number of carbonyl (C=O) groups excluding carboxylic acids is 1. The van der Waals surface area contributed by atoms with Gasteiger partial charge in [0.25, 0.3) is 0 Å². The first-order valence-corrected chi connectivity index (χ1v) is 10.8. The van der Waals surface area contributed by atoms with Crippen LogP contribution < -0.4 is 10.2 Å². The van der Waals surface area contributed by atoms with Crippen molar-refractivity contribution in [2.45, 2.75) is 38.3 Å². The topological polar surface area (TPSA) is 72.3 Å². The summed E-state index contributed by atoms with van der Waals surface area (Å²) >= 11 is 0. The second-order valence-electron chi connectivity index (χ2n) is 8.38. The van der Waals surface area contributed by atoms with Crippen molar-refractivity contribution < 1.29 is 9.53 Å². The van der Waals surface area contributed by atoms with Crippen LogP contribution in [0, 0.1) is 5.92 Å². The Bertz CT molecular complexity index is 1100. The van der Waals surface area contributed by atoms with E-state index in [-0.39, 0.29) is 17.9 Å². The van der Waals surface area contributed by atoms with Gasteiger partial charge in [-0.05, 0) is 49.9 Å². The SMILES string of the molecule is CO[C@H]1CC[C@H](C(=O)N2Cc3cccnc3Nc3ccc(-c4ccn(C)n4)cc32)CC1. The van der Waals surface area contributed by atoms with Crippen LogP contribution in [0.4, 0.5) is 17.2 Å². The number of anilines is 3. The van der Waals surface area contributed by atoms with E-state index in [2.05, 4.69) is 21.5 Å². The van der Waals surface area contributed by atoms with E-state index in [9.17, 15) is 4.79 Å². The molecule has 2 aliphatic rings. The van der Waals surface area contributed by atoms with Crippen LogP contribution in [-0.2, 0) is 23.1 Å². The number of hydrogen-bond donors (Lipinski definition) is 1. The van der Waals surface area contributed by atoms with Gasteiger partial charge in [-0.15, -0.1) is 0 Å². The number of nitrogens with one attached hydrogen (secondary N) is 1. The zero-order valence-corrected chi connectivity index (χ0v) is 17.9. The van der Waals surface area contributed by atoms with Gasteiger partial charge in [0, 0.05) is 43.6 Å². The number of aryl methyl sites for hydroxylation is 1. The van der Waals surface area contributed by atoms with E-state index in [4.69, 9.17) is 4.74 Å². The van der Waals surface area contributed by atoms with E-state index in [0.29, 0.717) is 6.54 Å². The number of methoxy groups -OCH3 is 1. The van der Waals surface area contributed by atoms with Crippen molar-refractivity contribution in [1.82, 2.24) is 14.8 Å². The third-order valence-corrected chi connectivity index (χ3v) is 6.39. The second-order valence-corrected chi connectivity index (χ2v) is 8.38. The number of rotatable bonds is 3. The molecular weight excluding hydrogens is 390 g/mol. The maximum atomic E-state index is 13.7. The Morgan fingerprint density at radius 3 is 2.74 bits per heavy atom. The Kier molecular flexibility index (Phi) is 5.19. The zero-order chi connectivity index (χ0) is 21.4. The summed E-state index contributed by atoms with van der Waals surface area (Å²) in [6.07, 6.45) is 7.54. The molecule has 1 aliphatic heterocycles. The Labute approximate surface area is 182 Å². The normalized spacial score (nSPS) is 20.4. The van der Waals surface area contributed by atoms with E-state index in [1.165, 1.54) is 0 Å². The highest BCUT2D eigenvalue weighted by atomic mass is 16.5. The average molecular weight is 418 g/mol. The first kappa shape index (κ1) is 19.8. The van der Waals surface area contributed by atoms with E-state index >= 15 is 0 Å². The summed E-state index contributed by atoms with van der Waals surface area (Å²) in [5.74, 6) is 0.983. The number of benzene rings is 1. The van der Waals surface area contributed by atoms with Gasteiger partial charge < -0.3 is 15.0 Å². The number of hydrogen-bond acceptors (Lipinski definition) is 5. The minimum atomic E-state index is 0.0102. The molecule has 7 nitrogen and oxygen atoms in total. The molecule has 3 aromatic rings. The van der Waals surface area contributed by atoms with Crippen molar-refractivity contribution in [2.75, 3.05) is 17.3 Å². The van der Waals surface area contributed by atoms with Gasteiger partial charge in [0.15, 0.2) is 0 Å². The van der Waals surface area contributed by atoms with Crippen LogP contribution in [0.1, 0.15) is 31.2 Å². The number of ether oxygens (including phenoxy) is 1. The molecule has 1 aromatic carbocycles. The van der Waals surface area contributed by atoms with E-state index in [0.717, 1.165) is 59.7 Å². The molecule has 0 unspecified atom stereocenters. The fourth-order valence-electron chi connectivity index (χ4n) is 4.61. The number of amides is 1. The molecule has 160 valence electrons. The molecule has 1 N–H and O–H groups in total. The molecule has 1 saturated carbocycles. The van der Waals surface area contributed by atoms with Crippen LogP contribution in [0.3, 0.4) is 0 Å². The molecule has 0 bridgehead atoms. The third-order valence-electron chi connectivity index (χ3n) is 6.39. The van der Waals surface area contributed by atoms with Crippen LogP contribution in [0.25, 0.3) is 11.3 Å². The van der Waals surface area contributed by atoms with Crippen molar-refractivity contribution in [3.63, 3.8) is 0 Å². The summed E-state index contributed by atoms with van der Waals surface area (Å²) in [6, 6.07) is 12.1. The molecule has 0 spiro atoms. The fraction of sp³-hybridized carbons (Fsp3) is 0.375. The lowest BCUT2D eigenvalue weighted by atomic mass is 9.86. The van der Waals surface area contributed by atoms with Crippen molar-refractivity contribution in [2.24, 2.45) is 13.0 Å². The lowest BCUT2D eigenvalue weighted by molar-refractivity contribution is -0.124. The molecule has 0 radical (unpaired) electrons. The lowest BCUT2D eigenvalue weighted by Gasteiger charge is -2.32. The first-order chi connectivity index (χ1) is 15.1. The zero-order valence-electron chi connectivity index (χ0n) is 17.9. The third kappa shape index (κ3) is 3.81. The summed E-state index contributed by atoms with van der Waals surface area (Å²) in [6.45, 7) is 0.498. The summed E-state index contributed by atoms with van der Waals surface area (Å²) in [7, 11) is 3.66. The minimum Gasteiger partial charge on any atom is -0.381 e. The number of fused-ring (bicyclic) bond motifs is 2. The quantitative estimate of drug-likeness (QED) is 0.689. The minimum absolute atomic E-state index is 0.0102. The number of pyridine rings is 1. The Hall–Kier alpha value is -3.19. The summed E-state index contributed by atoms with van der Waals surface area (Å²) in [5, 5.41) is 7.98.